The fraction of sp³-hybridized carbons (Fsp3) is 0.500. The van der Waals surface area contributed by atoms with Crippen molar-refractivity contribution in [3.05, 3.63) is 34.3 Å². The van der Waals surface area contributed by atoms with Crippen LogP contribution in [0.15, 0.2) is 18.2 Å². The fourth-order valence-electron chi connectivity index (χ4n) is 2.38. The number of amides is 1. The first-order chi connectivity index (χ1) is 8.58. The van der Waals surface area contributed by atoms with Crippen molar-refractivity contribution >= 4 is 29.9 Å². The van der Waals surface area contributed by atoms with Gasteiger partial charge in [-0.05, 0) is 50.3 Å². The van der Waals surface area contributed by atoms with E-state index in [1.807, 2.05) is 13.0 Å². The predicted molar refractivity (Wildman–Crippen MR) is 81.1 cm³/mol. The van der Waals surface area contributed by atoms with E-state index in [-0.39, 0.29) is 24.4 Å². The first-order valence-electron chi connectivity index (χ1n) is 6.39. The summed E-state index contributed by atoms with van der Waals surface area (Å²) in [6.45, 7) is 1.87. The minimum absolute atomic E-state index is 0. The molecule has 0 spiro atoms. The molecule has 3 N–H and O–H groups in total. The van der Waals surface area contributed by atoms with Gasteiger partial charge >= 0.3 is 0 Å². The van der Waals surface area contributed by atoms with Gasteiger partial charge in [-0.25, -0.2) is 0 Å². The highest BCUT2D eigenvalue weighted by atomic mass is 35.5. The van der Waals surface area contributed by atoms with Crippen LogP contribution in [0.5, 0.6) is 0 Å². The van der Waals surface area contributed by atoms with Crippen molar-refractivity contribution < 1.29 is 4.79 Å². The lowest BCUT2D eigenvalue weighted by Crippen LogP contribution is -2.40. The van der Waals surface area contributed by atoms with Gasteiger partial charge in [-0.1, -0.05) is 17.7 Å². The maximum atomic E-state index is 12.2. The third-order valence-electron chi connectivity index (χ3n) is 3.62. The highest BCUT2D eigenvalue weighted by molar-refractivity contribution is 6.31. The summed E-state index contributed by atoms with van der Waals surface area (Å²) in [5, 5.41) is 3.70. The van der Waals surface area contributed by atoms with Gasteiger partial charge in [0.05, 0.1) is 0 Å². The largest absolute Gasteiger partial charge is 0.349 e. The molecule has 0 aromatic heterocycles. The number of nitrogens with two attached hydrogens (primary N) is 1. The Morgan fingerprint density at radius 1 is 1.32 bits per heavy atom. The zero-order chi connectivity index (χ0) is 13.1. The van der Waals surface area contributed by atoms with Crippen LogP contribution >= 0.6 is 24.0 Å². The zero-order valence-corrected chi connectivity index (χ0v) is 12.6. The van der Waals surface area contributed by atoms with Crippen molar-refractivity contribution in [3.8, 4) is 0 Å². The topological polar surface area (TPSA) is 55.1 Å². The van der Waals surface area contributed by atoms with Crippen molar-refractivity contribution in [2.45, 2.75) is 44.7 Å². The first kappa shape index (κ1) is 16.3. The average Bonchev–Trinajstić information content (AvgIpc) is 2.35. The molecule has 0 bridgehead atoms. The number of carbonyl (C=O) groups is 1. The molecular formula is C14H20Cl2N2O. The normalized spacial score (nSPS) is 22.5. The molecule has 2 rings (SSSR count). The Morgan fingerprint density at radius 2 is 1.95 bits per heavy atom. The van der Waals surface area contributed by atoms with E-state index in [9.17, 15) is 4.79 Å². The van der Waals surface area contributed by atoms with E-state index in [0.717, 1.165) is 31.2 Å². The first-order valence-corrected chi connectivity index (χ1v) is 6.77. The molecular weight excluding hydrogens is 283 g/mol. The lowest BCUT2D eigenvalue weighted by atomic mass is 9.91. The summed E-state index contributed by atoms with van der Waals surface area (Å²) in [4.78, 5) is 12.2. The second kappa shape index (κ2) is 7.13. The average molecular weight is 303 g/mol. The summed E-state index contributed by atoms with van der Waals surface area (Å²) in [5.74, 6) is -0.0320. The van der Waals surface area contributed by atoms with E-state index in [2.05, 4.69) is 5.32 Å². The summed E-state index contributed by atoms with van der Waals surface area (Å²) >= 11 is 6.02. The number of benzene rings is 1. The van der Waals surface area contributed by atoms with Crippen molar-refractivity contribution in [2.24, 2.45) is 5.73 Å². The second-order valence-electron chi connectivity index (χ2n) is 5.00. The molecule has 0 heterocycles. The Labute approximate surface area is 125 Å². The van der Waals surface area contributed by atoms with Crippen LogP contribution in [0.2, 0.25) is 5.02 Å². The molecule has 1 aliphatic carbocycles. The van der Waals surface area contributed by atoms with Crippen molar-refractivity contribution in [1.29, 1.82) is 0 Å². The number of hydrogen-bond acceptors (Lipinski definition) is 2. The van der Waals surface area contributed by atoms with Gasteiger partial charge in [0.1, 0.15) is 0 Å². The number of nitrogens with one attached hydrogen (secondary N) is 1. The highest BCUT2D eigenvalue weighted by Gasteiger charge is 2.21. The molecule has 1 fully saturated rings. The number of carbonyl (C=O) groups excluding carboxylic acids is 1. The highest BCUT2D eigenvalue weighted by Crippen LogP contribution is 2.21. The summed E-state index contributed by atoms with van der Waals surface area (Å²) in [7, 11) is 0. The number of hydrogen-bond donors (Lipinski definition) is 2. The predicted octanol–water partition coefficient (Wildman–Crippen LogP) is 3.07. The van der Waals surface area contributed by atoms with E-state index >= 15 is 0 Å². The van der Waals surface area contributed by atoms with E-state index < -0.39 is 0 Å². The zero-order valence-electron chi connectivity index (χ0n) is 11.0. The Bertz CT molecular complexity index is 443. The molecule has 1 saturated carbocycles. The Morgan fingerprint density at radius 3 is 2.58 bits per heavy atom. The van der Waals surface area contributed by atoms with E-state index in [1.54, 1.807) is 12.1 Å². The van der Waals surface area contributed by atoms with Crippen LogP contribution in [0.25, 0.3) is 0 Å². The van der Waals surface area contributed by atoms with Gasteiger partial charge in [-0.15, -0.1) is 12.4 Å². The molecule has 0 unspecified atom stereocenters. The molecule has 0 radical (unpaired) electrons. The van der Waals surface area contributed by atoms with Crippen LogP contribution in [0.1, 0.15) is 41.6 Å². The van der Waals surface area contributed by atoms with Gasteiger partial charge in [0.25, 0.3) is 5.91 Å². The van der Waals surface area contributed by atoms with Crippen LogP contribution in [-0.2, 0) is 0 Å². The molecule has 0 aliphatic heterocycles. The molecule has 1 amide bonds. The molecule has 1 aliphatic rings. The lowest BCUT2D eigenvalue weighted by Gasteiger charge is -2.27. The molecule has 1 aromatic rings. The van der Waals surface area contributed by atoms with Crippen LogP contribution in [-0.4, -0.2) is 18.0 Å². The van der Waals surface area contributed by atoms with Gasteiger partial charge < -0.3 is 11.1 Å². The standard InChI is InChI=1S/C14H19ClN2O.ClH/c1-9-12(3-2-4-13(9)15)14(18)17-11-7-5-10(16)6-8-11;/h2-4,10-11H,5-8,16H2,1H3,(H,17,18);1H. The number of rotatable bonds is 2. The van der Waals surface area contributed by atoms with Gasteiger partial charge in [0, 0.05) is 22.7 Å². The minimum atomic E-state index is -0.0320. The fourth-order valence-corrected chi connectivity index (χ4v) is 2.55. The van der Waals surface area contributed by atoms with Gasteiger partial charge in [-0.3, -0.25) is 4.79 Å². The molecule has 0 atom stereocenters. The summed E-state index contributed by atoms with van der Waals surface area (Å²) in [6.07, 6.45) is 3.90. The van der Waals surface area contributed by atoms with E-state index in [4.69, 9.17) is 17.3 Å². The Kier molecular flexibility index (Phi) is 6.11. The monoisotopic (exact) mass is 302 g/mol. The minimum Gasteiger partial charge on any atom is -0.349 e. The molecule has 19 heavy (non-hydrogen) atoms. The van der Waals surface area contributed by atoms with E-state index in [1.165, 1.54) is 0 Å². The maximum Gasteiger partial charge on any atom is 0.251 e. The van der Waals surface area contributed by atoms with Crippen LogP contribution < -0.4 is 11.1 Å². The lowest BCUT2D eigenvalue weighted by molar-refractivity contribution is 0.0925. The molecule has 106 valence electrons. The van der Waals surface area contributed by atoms with E-state index in [0.29, 0.717) is 16.6 Å². The van der Waals surface area contributed by atoms with Crippen LogP contribution in [0.3, 0.4) is 0 Å². The third kappa shape index (κ3) is 4.10. The second-order valence-corrected chi connectivity index (χ2v) is 5.40. The van der Waals surface area contributed by atoms with Crippen molar-refractivity contribution in [1.82, 2.24) is 5.32 Å². The molecule has 0 saturated heterocycles. The Hall–Kier alpha value is -0.770. The molecule has 1 aromatic carbocycles. The van der Waals surface area contributed by atoms with Crippen molar-refractivity contribution in [3.63, 3.8) is 0 Å². The Balaban J connectivity index is 0.00000180. The maximum absolute atomic E-state index is 12.2. The SMILES string of the molecule is Cc1c(Cl)cccc1C(=O)NC1CCC(N)CC1.Cl. The third-order valence-corrected chi connectivity index (χ3v) is 4.03. The van der Waals surface area contributed by atoms with Crippen LogP contribution in [0.4, 0.5) is 0 Å². The van der Waals surface area contributed by atoms with Gasteiger partial charge in [-0.2, -0.15) is 0 Å². The summed E-state index contributed by atoms with van der Waals surface area (Å²) in [6, 6.07) is 5.96. The quantitative estimate of drug-likeness (QED) is 0.882. The molecule has 5 heteroatoms. The smallest absolute Gasteiger partial charge is 0.251 e. The van der Waals surface area contributed by atoms with Gasteiger partial charge in [0.15, 0.2) is 0 Å². The summed E-state index contributed by atoms with van der Waals surface area (Å²) < 4.78 is 0. The van der Waals surface area contributed by atoms with Crippen molar-refractivity contribution in [2.75, 3.05) is 0 Å². The molecule has 3 nitrogen and oxygen atoms in total. The summed E-state index contributed by atoms with van der Waals surface area (Å²) in [5.41, 5.74) is 7.35. The van der Waals surface area contributed by atoms with Gasteiger partial charge in [0.2, 0.25) is 0 Å². The van der Waals surface area contributed by atoms with Crippen LogP contribution in [0, 0.1) is 6.92 Å². The number of halogens is 2.